The minimum absolute atomic E-state index is 0.254. The Labute approximate surface area is 156 Å². The maximum atomic E-state index is 12.9. The van der Waals surface area contributed by atoms with Gasteiger partial charge in [-0.3, -0.25) is 9.78 Å². The Balaban J connectivity index is 1.58. The van der Waals surface area contributed by atoms with E-state index in [2.05, 4.69) is 25.6 Å². The molecule has 27 heavy (non-hydrogen) atoms. The van der Waals surface area contributed by atoms with Gasteiger partial charge in [0.15, 0.2) is 0 Å². The number of pyridine rings is 1. The second-order valence-electron chi connectivity index (χ2n) is 6.06. The average Bonchev–Trinajstić information content (AvgIpc) is 2.68. The fourth-order valence-corrected chi connectivity index (χ4v) is 2.51. The molecule has 6 nitrogen and oxygen atoms in total. The lowest BCUT2D eigenvalue weighted by Crippen LogP contribution is -2.24. The first-order valence-corrected chi connectivity index (χ1v) is 8.61. The highest BCUT2D eigenvalue weighted by Gasteiger charge is 2.10. The summed E-state index contributed by atoms with van der Waals surface area (Å²) in [4.78, 5) is 24.9. The number of rotatable bonds is 7. The number of halogens is 1. The van der Waals surface area contributed by atoms with Crippen molar-refractivity contribution in [3.8, 4) is 0 Å². The summed E-state index contributed by atoms with van der Waals surface area (Å²) >= 11 is 0. The van der Waals surface area contributed by atoms with Crippen molar-refractivity contribution in [2.75, 3.05) is 11.9 Å². The molecule has 0 spiro atoms. The molecule has 2 heterocycles. The molecule has 1 aromatic carbocycles. The SMILES string of the molecule is Cc1cc(C(=O)NCc2ccncc2)nc(NCCc2ccc(F)cc2)n1. The predicted octanol–water partition coefficient (Wildman–Crippen LogP) is 2.90. The summed E-state index contributed by atoms with van der Waals surface area (Å²) in [6, 6.07) is 11.7. The van der Waals surface area contributed by atoms with E-state index in [4.69, 9.17) is 0 Å². The van der Waals surface area contributed by atoms with Crippen LogP contribution < -0.4 is 10.6 Å². The molecule has 2 N–H and O–H groups in total. The molecule has 0 aliphatic rings. The molecule has 2 aromatic heterocycles. The van der Waals surface area contributed by atoms with E-state index in [1.807, 2.05) is 19.1 Å². The van der Waals surface area contributed by atoms with E-state index >= 15 is 0 Å². The minimum atomic E-state index is -0.265. The van der Waals surface area contributed by atoms with Crippen molar-refractivity contribution in [3.05, 3.63) is 83.2 Å². The molecule has 0 aliphatic carbocycles. The molecule has 0 unspecified atom stereocenters. The van der Waals surface area contributed by atoms with E-state index in [0.29, 0.717) is 36.8 Å². The number of nitrogens with zero attached hydrogens (tertiary/aromatic N) is 3. The van der Waals surface area contributed by atoms with Crippen molar-refractivity contribution in [1.82, 2.24) is 20.3 Å². The van der Waals surface area contributed by atoms with E-state index in [0.717, 1.165) is 11.1 Å². The van der Waals surface area contributed by atoms with E-state index < -0.39 is 0 Å². The summed E-state index contributed by atoms with van der Waals surface area (Å²) in [7, 11) is 0. The molecule has 3 rings (SSSR count). The van der Waals surface area contributed by atoms with Gasteiger partial charge < -0.3 is 10.6 Å². The van der Waals surface area contributed by atoms with Crippen LogP contribution in [0.4, 0.5) is 10.3 Å². The summed E-state index contributed by atoms with van der Waals surface area (Å²) in [6.07, 6.45) is 4.06. The normalized spacial score (nSPS) is 10.4. The molecule has 0 saturated heterocycles. The molecule has 0 fully saturated rings. The van der Waals surface area contributed by atoms with Gasteiger partial charge in [0.1, 0.15) is 11.5 Å². The molecule has 7 heteroatoms. The van der Waals surface area contributed by atoms with Gasteiger partial charge in [-0.2, -0.15) is 0 Å². The summed E-state index contributed by atoms with van der Waals surface area (Å²) in [6.45, 7) is 2.79. The third-order valence-electron chi connectivity index (χ3n) is 3.90. The van der Waals surface area contributed by atoms with Gasteiger partial charge in [-0.05, 0) is 54.8 Å². The lowest BCUT2D eigenvalue weighted by molar-refractivity contribution is 0.0945. The fraction of sp³-hybridized carbons (Fsp3) is 0.200. The van der Waals surface area contributed by atoms with Crippen LogP contribution in [0.25, 0.3) is 0 Å². The lowest BCUT2D eigenvalue weighted by Gasteiger charge is -2.09. The van der Waals surface area contributed by atoms with Crippen molar-refractivity contribution < 1.29 is 9.18 Å². The summed E-state index contributed by atoms with van der Waals surface area (Å²) in [5.74, 6) is -0.124. The summed E-state index contributed by atoms with van der Waals surface area (Å²) < 4.78 is 12.9. The van der Waals surface area contributed by atoms with Crippen molar-refractivity contribution in [1.29, 1.82) is 0 Å². The molecule has 0 radical (unpaired) electrons. The molecule has 138 valence electrons. The van der Waals surface area contributed by atoms with Crippen LogP contribution >= 0.6 is 0 Å². The highest BCUT2D eigenvalue weighted by molar-refractivity contribution is 5.92. The van der Waals surface area contributed by atoms with Gasteiger partial charge in [-0.15, -0.1) is 0 Å². The maximum Gasteiger partial charge on any atom is 0.270 e. The van der Waals surface area contributed by atoms with Crippen LogP contribution in [0.5, 0.6) is 0 Å². The van der Waals surface area contributed by atoms with Gasteiger partial charge in [0.25, 0.3) is 5.91 Å². The number of aromatic nitrogens is 3. The smallest absolute Gasteiger partial charge is 0.270 e. The molecule has 3 aromatic rings. The number of hydrogen-bond acceptors (Lipinski definition) is 5. The third-order valence-corrected chi connectivity index (χ3v) is 3.90. The second kappa shape index (κ2) is 8.84. The van der Waals surface area contributed by atoms with Gasteiger partial charge in [0.05, 0.1) is 0 Å². The topological polar surface area (TPSA) is 79.8 Å². The van der Waals surface area contributed by atoms with Crippen LogP contribution in [0.15, 0.2) is 54.9 Å². The number of aryl methyl sites for hydroxylation is 1. The van der Waals surface area contributed by atoms with Crippen LogP contribution in [0, 0.1) is 12.7 Å². The Hall–Kier alpha value is -3.35. The van der Waals surface area contributed by atoms with Gasteiger partial charge in [-0.25, -0.2) is 14.4 Å². The van der Waals surface area contributed by atoms with Gasteiger partial charge >= 0.3 is 0 Å². The van der Waals surface area contributed by atoms with Crippen LogP contribution in [-0.2, 0) is 13.0 Å². The number of hydrogen-bond donors (Lipinski definition) is 2. The first-order valence-electron chi connectivity index (χ1n) is 8.61. The van der Waals surface area contributed by atoms with E-state index in [1.54, 1.807) is 30.6 Å². The predicted molar refractivity (Wildman–Crippen MR) is 101 cm³/mol. The largest absolute Gasteiger partial charge is 0.354 e. The Morgan fingerprint density at radius 2 is 1.78 bits per heavy atom. The van der Waals surface area contributed by atoms with Crippen molar-refractivity contribution >= 4 is 11.9 Å². The Morgan fingerprint density at radius 3 is 2.52 bits per heavy atom. The molecular formula is C20H20FN5O. The zero-order valence-electron chi connectivity index (χ0n) is 14.9. The molecule has 1 amide bonds. The Kier molecular flexibility index (Phi) is 6.04. The standard InChI is InChI=1S/C20H20FN5O/c1-14-12-18(19(27)24-13-16-6-9-22-10-7-16)26-20(25-14)23-11-8-15-2-4-17(21)5-3-15/h2-7,9-10,12H,8,11,13H2,1H3,(H,24,27)(H,23,25,26). The van der Waals surface area contributed by atoms with Crippen LogP contribution in [-0.4, -0.2) is 27.4 Å². The monoisotopic (exact) mass is 365 g/mol. The summed E-state index contributed by atoms with van der Waals surface area (Å²) in [5.41, 5.74) is 2.97. The second-order valence-corrected chi connectivity index (χ2v) is 6.06. The zero-order chi connectivity index (χ0) is 19.1. The molecule has 0 atom stereocenters. The third kappa shape index (κ3) is 5.57. The minimum Gasteiger partial charge on any atom is -0.354 e. The molecule has 0 saturated carbocycles. The summed E-state index contributed by atoms with van der Waals surface area (Å²) in [5, 5.41) is 5.95. The van der Waals surface area contributed by atoms with Crippen molar-refractivity contribution in [2.24, 2.45) is 0 Å². The van der Waals surface area contributed by atoms with Crippen LogP contribution in [0.3, 0.4) is 0 Å². The Morgan fingerprint density at radius 1 is 1.04 bits per heavy atom. The number of nitrogens with one attached hydrogen (secondary N) is 2. The van der Waals surface area contributed by atoms with Crippen LogP contribution in [0.1, 0.15) is 27.3 Å². The number of carbonyl (C=O) groups is 1. The van der Waals surface area contributed by atoms with Gasteiger partial charge in [0.2, 0.25) is 5.95 Å². The quantitative estimate of drug-likeness (QED) is 0.673. The van der Waals surface area contributed by atoms with Crippen molar-refractivity contribution in [3.63, 3.8) is 0 Å². The van der Waals surface area contributed by atoms with E-state index in [-0.39, 0.29) is 11.7 Å². The van der Waals surface area contributed by atoms with Crippen LogP contribution in [0.2, 0.25) is 0 Å². The number of benzene rings is 1. The first kappa shape index (κ1) is 18.4. The fourth-order valence-electron chi connectivity index (χ4n) is 2.51. The number of anilines is 1. The first-order chi connectivity index (χ1) is 13.1. The average molecular weight is 365 g/mol. The number of amides is 1. The maximum absolute atomic E-state index is 12.9. The number of carbonyl (C=O) groups excluding carboxylic acids is 1. The highest BCUT2D eigenvalue weighted by atomic mass is 19.1. The van der Waals surface area contributed by atoms with E-state index in [9.17, 15) is 9.18 Å². The molecule has 0 aliphatic heterocycles. The van der Waals surface area contributed by atoms with Crippen molar-refractivity contribution in [2.45, 2.75) is 19.9 Å². The Bertz CT molecular complexity index is 900. The molecular weight excluding hydrogens is 345 g/mol. The zero-order valence-corrected chi connectivity index (χ0v) is 14.9. The van der Waals surface area contributed by atoms with Gasteiger partial charge in [-0.1, -0.05) is 12.1 Å². The molecule has 0 bridgehead atoms. The van der Waals surface area contributed by atoms with E-state index in [1.165, 1.54) is 12.1 Å². The highest BCUT2D eigenvalue weighted by Crippen LogP contribution is 2.07. The van der Waals surface area contributed by atoms with Gasteiger partial charge in [0, 0.05) is 31.2 Å². The lowest BCUT2D eigenvalue weighted by atomic mass is 10.1.